The van der Waals surface area contributed by atoms with Crippen LogP contribution in [0.5, 0.6) is 23.0 Å². The Hall–Kier alpha value is -4.57. The first-order valence-electron chi connectivity index (χ1n) is 12.1. The topological polar surface area (TPSA) is 107 Å². The summed E-state index contributed by atoms with van der Waals surface area (Å²) in [5.41, 5.74) is 1.45. The van der Waals surface area contributed by atoms with Crippen LogP contribution in [0.4, 0.5) is 0 Å². The molecule has 0 N–H and O–H groups in total. The van der Waals surface area contributed by atoms with E-state index >= 15 is 0 Å². The minimum absolute atomic E-state index is 0.0727. The zero-order valence-corrected chi connectivity index (χ0v) is 22.5. The number of benzene rings is 2. The maximum Gasteiger partial charge on any atom is 0.355 e. The Balaban J connectivity index is 2.01. The Kier molecular flexibility index (Phi) is 8.67. The minimum Gasteiger partial charge on any atom is -0.493 e. The van der Waals surface area contributed by atoms with Gasteiger partial charge in [0.05, 0.1) is 46.1 Å². The third-order valence-electron chi connectivity index (χ3n) is 6.21. The molecule has 4 aromatic rings. The average molecular weight is 535 g/mol. The number of methoxy groups -OCH3 is 5. The van der Waals surface area contributed by atoms with E-state index in [9.17, 15) is 9.59 Å². The zero-order valence-electron chi connectivity index (χ0n) is 22.5. The number of rotatable bonds is 11. The molecule has 0 bridgehead atoms. The highest BCUT2D eigenvalue weighted by molar-refractivity contribution is 6.07. The first-order valence-corrected chi connectivity index (χ1v) is 12.1. The summed E-state index contributed by atoms with van der Waals surface area (Å²) in [6, 6.07) is 14.1. The lowest BCUT2D eigenvalue weighted by Gasteiger charge is -2.20. The molecule has 0 aliphatic carbocycles. The smallest absolute Gasteiger partial charge is 0.355 e. The maximum atomic E-state index is 13.8. The SMILES string of the molecule is COCCn1c(C(=O)OC)c(-c2cc(OC)c(OC)c(OC)c2)c2ccc(OCc3ccccn3)cc2c1=O. The van der Waals surface area contributed by atoms with Crippen molar-refractivity contribution in [2.24, 2.45) is 0 Å². The van der Waals surface area contributed by atoms with Gasteiger partial charge < -0.3 is 28.4 Å². The van der Waals surface area contributed by atoms with Crippen molar-refractivity contribution in [1.82, 2.24) is 9.55 Å². The molecule has 0 fully saturated rings. The monoisotopic (exact) mass is 534 g/mol. The fourth-order valence-electron chi connectivity index (χ4n) is 4.38. The summed E-state index contributed by atoms with van der Waals surface area (Å²) in [6.07, 6.45) is 1.69. The van der Waals surface area contributed by atoms with Crippen LogP contribution in [0.1, 0.15) is 16.2 Å². The Labute approximate surface area is 225 Å². The van der Waals surface area contributed by atoms with Gasteiger partial charge in [-0.1, -0.05) is 6.07 Å². The molecule has 39 heavy (non-hydrogen) atoms. The van der Waals surface area contributed by atoms with Crippen molar-refractivity contribution in [3.05, 3.63) is 76.5 Å². The molecule has 0 amide bonds. The highest BCUT2D eigenvalue weighted by atomic mass is 16.5. The van der Waals surface area contributed by atoms with Crippen LogP contribution in [0.15, 0.2) is 59.5 Å². The molecule has 0 saturated heterocycles. The molecular weight excluding hydrogens is 504 g/mol. The average Bonchev–Trinajstić information content (AvgIpc) is 2.98. The van der Waals surface area contributed by atoms with Crippen molar-refractivity contribution in [3.8, 4) is 34.1 Å². The fourth-order valence-corrected chi connectivity index (χ4v) is 4.38. The number of aromatic nitrogens is 2. The molecule has 0 saturated carbocycles. The normalized spacial score (nSPS) is 10.8. The number of hydrogen-bond acceptors (Lipinski definition) is 9. The van der Waals surface area contributed by atoms with Crippen LogP contribution in [-0.4, -0.2) is 57.7 Å². The maximum absolute atomic E-state index is 13.8. The van der Waals surface area contributed by atoms with Crippen LogP contribution in [0.25, 0.3) is 21.9 Å². The summed E-state index contributed by atoms with van der Waals surface area (Å²) in [7, 11) is 7.31. The summed E-state index contributed by atoms with van der Waals surface area (Å²) in [5.74, 6) is 0.974. The molecule has 10 nitrogen and oxygen atoms in total. The first kappa shape index (κ1) is 27.5. The van der Waals surface area contributed by atoms with Gasteiger partial charge in [0.2, 0.25) is 5.75 Å². The number of hydrogen-bond donors (Lipinski definition) is 0. The van der Waals surface area contributed by atoms with Gasteiger partial charge in [0.15, 0.2) is 11.5 Å². The largest absolute Gasteiger partial charge is 0.493 e. The van der Waals surface area contributed by atoms with Crippen molar-refractivity contribution in [3.63, 3.8) is 0 Å². The molecule has 10 heteroatoms. The van der Waals surface area contributed by atoms with E-state index in [2.05, 4.69) is 4.98 Å². The van der Waals surface area contributed by atoms with E-state index in [1.165, 1.54) is 40.1 Å². The van der Waals surface area contributed by atoms with E-state index in [4.69, 9.17) is 28.4 Å². The number of carbonyl (C=O) groups is 1. The van der Waals surface area contributed by atoms with E-state index in [1.54, 1.807) is 36.5 Å². The molecule has 0 unspecified atom stereocenters. The second-order valence-electron chi connectivity index (χ2n) is 8.40. The lowest BCUT2D eigenvalue weighted by molar-refractivity contribution is 0.0585. The highest BCUT2D eigenvalue weighted by Crippen LogP contribution is 2.43. The van der Waals surface area contributed by atoms with Gasteiger partial charge in [0, 0.05) is 25.4 Å². The summed E-state index contributed by atoms with van der Waals surface area (Å²) >= 11 is 0. The van der Waals surface area contributed by atoms with E-state index in [1.807, 2.05) is 18.2 Å². The highest BCUT2D eigenvalue weighted by Gasteiger charge is 2.26. The first-order chi connectivity index (χ1) is 19.0. The van der Waals surface area contributed by atoms with Crippen molar-refractivity contribution < 1.29 is 33.2 Å². The summed E-state index contributed by atoms with van der Waals surface area (Å²) in [5, 5.41) is 0.870. The molecule has 0 atom stereocenters. The number of ether oxygens (including phenoxy) is 6. The van der Waals surface area contributed by atoms with Gasteiger partial charge in [-0.05, 0) is 53.4 Å². The van der Waals surface area contributed by atoms with E-state index < -0.39 is 5.97 Å². The molecular formula is C29H30N2O8. The van der Waals surface area contributed by atoms with Crippen LogP contribution in [-0.2, 0) is 22.6 Å². The van der Waals surface area contributed by atoms with E-state index in [0.29, 0.717) is 44.9 Å². The minimum atomic E-state index is -0.677. The van der Waals surface area contributed by atoms with Gasteiger partial charge in [-0.25, -0.2) is 4.79 Å². The second-order valence-corrected chi connectivity index (χ2v) is 8.40. The van der Waals surface area contributed by atoms with E-state index in [0.717, 1.165) is 5.69 Å². The zero-order chi connectivity index (χ0) is 27.9. The number of esters is 1. The fraction of sp³-hybridized carbons (Fsp3) is 0.276. The third-order valence-corrected chi connectivity index (χ3v) is 6.21. The van der Waals surface area contributed by atoms with Crippen molar-refractivity contribution >= 4 is 16.7 Å². The Morgan fingerprint density at radius 2 is 1.64 bits per heavy atom. The predicted molar refractivity (Wildman–Crippen MR) is 145 cm³/mol. The van der Waals surface area contributed by atoms with Gasteiger partial charge in [-0.2, -0.15) is 0 Å². The lowest BCUT2D eigenvalue weighted by Crippen LogP contribution is -2.29. The quantitative estimate of drug-likeness (QED) is 0.263. The van der Waals surface area contributed by atoms with Gasteiger partial charge >= 0.3 is 5.97 Å². The second kappa shape index (κ2) is 12.3. The Morgan fingerprint density at radius 3 is 2.23 bits per heavy atom. The van der Waals surface area contributed by atoms with Crippen LogP contribution >= 0.6 is 0 Å². The van der Waals surface area contributed by atoms with Gasteiger partial charge in [0.25, 0.3) is 5.56 Å². The lowest BCUT2D eigenvalue weighted by atomic mass is 9.95. The number of fused-ring (bicyclic) bond motifs is 1. The Morgan fingerprint density at radius 1 is 0.897 bits per heavy atom. The molecule has 0 aliphatic heterocycles. The molecule has 0 radical (unpaired) electrons. The van der Waals surface area contributed by atoms with Crippen molar-refractivity contribution in [2.45, 2.75) is 13.2 Å². The standard InChI is InChI=1S/C29H30N2O8/c1-34-13-12-31-26(29(33)38-5)25(18-14-23(35-2)27(37-4)24(15-18)36-3)21-10-9-20(16-22(21)28(31)32)39-17-19-8-6-7-11-30-19/h6-11,14-16H,12-13,17H2,1-5H3. The molecule has 2 aromatic carbocycles. The van der Waals surface area contributed by atoms with Crippen LogP contribution in [0.2, 0.25) is 0 Å². The number of carbonyl (C=O) groups excluding carboxylic acids is 1. The van der Waals surface area contributed by atoms with Gasteiger partial charge in [-0.3, -0.25) is 14.3 Å². The molecule has 0 aliphatic rings. The van der Waals surface area contributed by atoms with Crippen LogP contribution in [0.3, 0.4) is 0 Å². The number of nitrogens with zero attached hydrogens (tertiary/aromatic N) is 2. The molecule has 0 spiro atoms. The molecule has 2 heterocycles. The van der Waals surface area contributed by atoms with Crippen LogP contribution < -0.4 is 24.5 Å². The predicted octanol–water partition coefficient (Wildman–Crippen LogP) is 4.10. The Bertz CT molecular complexity index is 1510. The summed E-state index contributed by atoms with van der Waals surface area (Å²) in [6.45, 7) is 0.538. The van der Waals surface area contributed by atoms with Crippen LogP contribution in [0, 0.1) is 0 Å². The number of pyridine rings is 2. The van der Waals surface area contributed by atoms with Crippen molar-refractivity contribution in [2.75, 3.05) is 42.2 Å². The molecule has 4 rings (SSSR count). The summed E-state index contributed by atoms with van der Waals surface area (Å²) in [4.78, 5) is 31.3. The third kappa shape index (κ3) is 5.51. The van der Waals surface area contributed by atoms with Gasteiger partial charge in [0.1, 0.15) is 18.1 Å². The van der Waals surface area contributed by atoms with Gasteiger partial charge in [-0.15, -0.1) is 0 Å². The molecule has 2 aromatic heterocycles. The summed E-state index contributed by atoms with van der Waals surface area (Å²) < 4.78 is 34.3. The van der Waals surface area contributed by atoms with E-state index in [-0.39, 0.29) is 31.0 Å². The van der Waals surface area contributed by atoms with Crippen molar-refractivity contribution in [1.29, 1.82) is 0 Å². The molecule has 204 valence electrons.